The zero-order chi connectivity index (χ0) is 14.7. The Morgan fingerprint density at radius 1 is 1.15 bits per heavy atom. The van der Waals surface area contributed by atoms with Crippen LogP contribution in [0.1, 0.15) is 22.8 Å². The average molecular weight is 397 g/mol. The van der Waals surface area contributed by atoms with Crippen LogP contribution in [0, 0.1) is 0 Å². The van der Waals surface area contributed by atoms with E-state index in [1.54, 1.807) is 6.92 Å². The van der Waals surface area contributed by atoms with Crippen molar-refractivity contribution in [3.8, 4) is 0 Å². The third-order valence-corrected chi connectivity index (χ3v) is 4.20. The van der Waals surface area contributed by atoms with Gasteiger partial charge in [-0.25, -0.2) is 0 Å². The van der Waals surface area contributed by atoms with Crippen LogP contribution < -0.4 is 4.90 Å². The molecule has 0 aliphatic heterocycles. The molecule has 20 heavy (non-hydrogen) atoms. The van der Waals surface area contributed by atoms with Gasteiger partial charge in [0.2, 0.25) is 0 Å². The molecular formula is C16H15Br2NO. The minimum absolute atomic E-state index is 0.0758. The largest absolute Gasteiger partial charge is 0.369 e. The third-order valence-electron chi connectivity index (χ3n) is 3.07. The highest BCUT2D eigenvalue weighted by atomic mass is 79.9. The lowest BCUT2D eigenvalue weighted by atomic mass is 10.1. The van der Waals surface area contributed by atoms with Gasteiger partial charge in [-0.1, -0.05) is 28.1 Å². The molecule has 0 fully saturated rings. The molecule has 2 aromatic carbocycles. The zero-order valence-corrected chi connectivity index (χ0v) is 14.5. The molecule has 0 unspecified atom stereocenters. The smallest absolute Gasteiger partial charge is 0.159 e. The van der Waals surface area contributed by atoms with E-state index in [4.69, 9.17) is 0 Å². The van der Waals surface area contributed by atoms with E-state index in [1.807, 2.05) is 37.4 Å². The fraction of sp³-hybridized carbons (Fsp3) is 0.188. The van der Waals surface area contributed by atoms with Gasteiger partial charge in [0.25, 0.3) is 0 Å². The highest BCUT2D eigenvalue weighted by Gasteiger charge is 2.09. The summed E-state index contributed by atoms with van der Waals surface area (Å²) in [7, 11) is 2.04. The Morgan fingerprint density at radius 3 is 2.50 bits per heavy atom. The first-order valence-corrected chi connectivity index (χ1v) is 7.82. The van der Waals surface area contributed by atoms with Crippen molar-refractivity contribution in [3.05, 3.63) is 62.5 Å². The molecule has 0 N–H and O–H groups in total. The summed E-state index contributed by atoms with van der Waals surface area (Å²) in [4.78, 5) is 13.5. The molecule has 2 rings (SSSR count). The van der Waals surface area contributed by atoms with Crippen LogP contribution in [-0.4, -0.2) is 12.8 Å². The molecule has 2 aromatic rings. The molecule has 0 aliphatic rings. The number of hydrogen-bond acceptors (Lipinski definition) is 2. The van der Waals surface area contributed by atoms with Gasteiger partial charge >= 0.3 is 0 Å². The van der Waals surface area contributed by atoms with Crippen molar-refractivity contribution in [1.82, 2.24) is 0 Å². The first-order valence-electron chi connectivity index (χ1n) is 6.23. The highest BCUT2D eigenvalue weighted by molar-refractivity contribution is 9.10. The molecule has 0 amide bonds. The number of rotatable bonds is 4. The summed E-state index contributed by atoms with van der Waals surface area (Å²) in [5.74, 6) is 0.0758. The maximum Gasteiger partial charge on any atom is 0.159 e. The van der Waals surface area contributed by atoms with Crippen LogP contribution in [-0.2, 0) is 6.54 Å². The van der Waals surface area contributed by atoms with Crippen molar-refractivity contribution >= 4 is 43.3 Å². The number of halogens is 2. The van der Waals surface area contributed by atoms with E-state index < -0.39 is 0 Å². The van der Waals surface area contributed by atoms with E-state index >= 15 is 0 Å². The molecule has 0 heterocycles. The summed E-state index contributed by atoms with van der Waals surface area (Å²) < 4.78 is 2.01. The Bertz CT molecular complexity index is 640. The molecule has 0 aromatic heterocycles. The number of nitrogens with zero attached hydrogens (tertiary/aromatic N) is 1. The lowest BCUT2D eigenvalue weighted by molar-refractivity contribution is 0.101. The van der Waals surface area contributed by atoms with Crippen LogP contribution in [0.5, 0.6) is 0 Å². The fourth-order valence-electron chi connectivity index (χ4n) is 2.03. The monoisotopic (exact) mass is 395 g/mol. The van der Waals surface area contributed by atoms with Crippen LogP contribution in [0.3, 0.4) is 0 Å². The van der Waals surface area contributed by atoms with Crippen LogP contribution >= 0.6 is 31.9 Å². The number of hydrogen-bond donors (Lipinski definition) is 0. The molecule has 4 heteroatoms. The van der Waals surface area contributed by atoms with Crippen molar-refractivity contribution in [1.29, 1.82) is 0 Å². The van der Waals surface area contributed by atoms with Gasteiger partial charge in [0.05, 0.1) is 5.69 Å². The van der Waals surface area contributed by atoms with Crippen molar-refractivity contribution < 1.29 is 4.79 Å². The second-order valence-corrected chi connectivity index (χ2v) is 6.48. The Labute approximate surface area is 136 Å². The second-order valence-electron chi connectivity index (χ2n) is 4.71. The molecule has 2 nitrogen and oxygen atoms in total. The molecular weight excluding hydrogens is 382 g/mol. The molecule has 0 aliphatic carbocycles. The molecule has 0 bridgehead atoms. The van der Waals surface area contributed by atoms with E-state index in [2.05, 4.69) is 48.9 Å². The second kappa shape index (κ2) is 6.55. The van der Waals surface area contributed by atoms with Gasteiger partial charge in [-0.15, -0.1) is 0 Å². The number of benzene rings is 2. The van der Waals surface area contributed by atoms with Crippen molar-refractivity contribution in [2.75, 3.05) is 11.9 Å². The average Bonchev–Trinajstić information content (AvgIpc) is 2.38. The van der Waals surface area contributed by atoms with E-state index in [9.17, 15) is 4.79 Å². The zero-order valence-electron chi connectivity index (χ0n) is 11.4. The van der Waals surface area contributed by atoms with Gasteiger partial charge in [0.15, 0.2) is 5.78 Å². The van der Waals surface area contributed by atoms with Gasteiger partial charge in [0, 0.05) is 28.1 Å². The highest BCUT2D eigenvalue weighted by Crippen LogP contribution is 2.28. The summed E-state index contributed by atoms with van der Waals surface area (Å²) in [6.45, 7) is 2.38. The molecule has 0 saturated heterocycles. The summed E-state index contributed by atoms with van der Waals surface area (Å²) in [5, 5.41) is 0. The van der Waals surface area contributed by atoms with Gasteiger partial charge < -0.3 is 4.90 Å². The summed E-state index contributed by atoms with van der Waals surface area (Å²) in [6, 6.07) is 13.9. The lowest BCUT2D eigenvalue weighted by Gasteiger charge is -2.21. The van der Waals surface area contributed by atoms with E-state index in [0.29, 0.717) is 0 Å². The SMILES string of the molecule is CC(=O)c1ccc(N(C)Cc2cccc(Br)c2)c(Br)c1. The van der Waals surface area contributed by atoms with Crippen molar-refractivity contribution in [3.63, 3.8) is 0 Å². The summed E-state index contributed by atoms with van der Waals surface area (Å²) in [5.41, 5.74) is 3.01. The predicted molar refractivity (Wildman–Crippen MR) is 90.4 cm³/mol. The van der Waals surface area contributed by atoms with E-state index in [0.717, 1.165) is 26.7 Å². The maximum atomic E-state index is 11.4. The van der Waals surface area contributed by atoms with Crippen LogP contribution in [0.15, 0.2) is 51.4 Å². The third kappa shape index (κ3) is 3.70. The van der Waals surface area contributed by atoms with Gasteiger partial charge in [0.1, 0.15) is 0 Å². The van der Waals surface area contributed by atoms with Crippen LogP contribution in [0.4, 0.5) is 5.69 Å². The normalized spacial score (nSPS) is 10.4. The number of anilines is 1. The summed E-state index contributed by atoms with van der Waals surface area (Å²) >= 11 is 7.02. The molecule has 0 saturated carbocycles. The Kier molecular flexibility index (Phi) is 5.00. The summed E-state index contributed by atoms with van der Waals surface area (Å²) in [6.07, 6.45) is 0. The number of carbonyl (C=O) groups is 1. The van der Waals surface area contributed by atoms with E-state index in [1.165, 1.54) is 5.56 Å². The topological polar surface area (TPSA) is 20.3 Å². The first kappa shape index (κ1) is 15.3. The quantitative estimate of drug-likeness (QED) is 0.674. The maximum absolute atomic E-state index is 11.4. The minimum Gasteiger partial charge on any atom is -0.369 e. The fourth-order valence-corrected chi connectivity index (χ4v) is 3.16. The Balaban J connectivity index is 2.21. The van der Waals surface area contributed by atoms with Crippen molar-refractivity contribution in [2.45, 2.75) is 13.5 Å². The minimum atomic E-state index is 0.0758. The number of ketones is 1. The predicted octanol–water partition coefficient (Wildman–Crippen LogP) is 5.05. The molecule has 104 valence electrons. The molecule has 0 radical (unpaired) electrons. The van der Waals surface area contributed by atoms with Gasteiger partial charge in [-0.3, -0.25) is 4.79 Å². The number of Topliss-reactive ketones (excluding diaryl/α,β-unsaturated/α-hetero) is 1. The number of carbonyl (C=O) groups excluding carboxylic acids is 1. The standard InChI is InChI=1S/C16H15Br2NO/c1-11(20)13-6-7-16(15(18)9-13)19(2)10-12-4-3-5-14(17)8-12/h3-9H,10H2,1-2H3. The molecule has 0 atom stereocenters. The Morgan fingerprint density at radius 2 is 1.90 bits per heavy atom. The first-order chi connectivity index (χ1) is 9.47. The van der Waals surface area contributed by atoms with Crippen LogP contribution in [0.2, 0.25) is 0 Å². The van der Waals surface area contributed by atoms with E-state index in [-0.39, 0.29) is 5.78 Å². The molecule has 0 spiro atoms. The van der Waals surface area contributed by atoms with Gasteiger partial charge in [-0.05, 0) is 58.7 Å². The lowest BCUT2D eigenvalue weighted by Crippen LogP contribution is -2.17. The van der Waals surface area contributed by atoms with Crippen molar-refractivity contribution in [2.24, 2.45) is 0 Å². The Hall–Kier alpha value is -1.13. The van der Waals surface area contributed by atoms with Gasteiger partial charge in [-0.2, -0.15) is 0 Å². The van der Waals surface area contributed by atoms with Crippen LogP contribution in [0.25, 0.3) is 0 Å².